The van der Waals surface area contributed by atoms with Crippen molar-refractivity contribution in [3.05, 3.63) is 127 Å². The van der Waals surface area contributed by atoms with E-state index in [9.17, 15) is 0 Å². The summed E-state index contributed by atoms with van der Waals surface area (Å²) in [7, 11) is 1.90. The van der Waals surface area contributed by atoms with Crippen LogP contribution in [0.1, 0.15) is 73.1 Å². The minimum absolute atomic E-state index is 0. The minimum Gasteiger partial charge on any atom is -0.677 e. The van der Waals surface area contributed by atoms with E-state index in [2.05, 4.69) is 101 Å². The van der Waals surface area contributed by atoms with Gasteiger partial charge in [-0.3, -0.25) is 6.08 Å². The molecular formula is C36H51NSiZr. The van der Waals surface area contributed by atoms with E-state index in [1.54, 1.807) is 0 Å². The van der Waals surface area contributed by atoms with E-state index in [1.165, 1.54) is 65.1 Å². The zero-order valence-corrected chi connectivity index (χ0v) is 29.3. The molecular weight excluding hydrogens is 566 g/mol. The van der Waals surface area contributed by atoms with Gasteiger partial charge in [0.1, 0.15) is 0 Å². The molecule has 0 heterocycles. The molecule has 1 aliphatic carbocycles. The summed E-state index contributed by atoms with van der Waals surface area (Å²) in [6, 6.07) is 31.1. The summed E-state index contributed by atoms with van der Waals surface area (Å²) < 4.78 is 0. The van der Waals surface area contributed by atoms with E-state index in [4.69, 9.17) is 5.73 Å². The van der Waals surface area contributed by atoms with E-state index in [0.29, 0.717) is 12.5 Å². The van der Waals surface area contributed by atoms with Gasteiger partial charge >= 0.3 is 26.2 Å². The first-order chi connectivity index (χ1) is 17.9. The molecule has 39 heavy (non-hydrogen) atoms. The number of hydrogen-bond acceptors (Lipinski definition) is 0. The Morgan fingerprint density at radius 1 is 0.692 bits per heavy atom. The van der Waals surface area contributed by atoms with Crippen molar-refractivity contribution in [1.82, 2.24) is 0 Å². The molecule has 1 aliphatic rings. The molecule has 0 bridgehead atoms. The summed E-state index contributed by atoms with van der Waals surface area (Å²) in [5.74, 6) is 0.560. The van der Waals surface area contributed by atoms with Crippen molar-refractivity contribution in [2.45, 2.75) is 73.1 Å². The summed E-state index contributed by atoms with van der Waals surface area (Å²) in [6.45, 7) is 11.5. The van der Waals surface area contributed by atoms with Gasteiger partial charge in [-0.15, -0.1) is 6.92 Å². The topological polar surface area (TPSA) is 23.8 Å². The van der Waals surface area contributed by atoms with Gasteiger partial charge in [0.2, 0.25) is 0 Å². The minimum atomic E-state index is 0. The van der Waals surface area contributed by atoms with Gasteiger partial charge < -0.3 is 13.2 Å². The summed E-state index contributed by atoms with van der Waals surface area (Å²) >= 11 is 0. The monoisotopic (exact) mass is 615 g/mol. The average Bonchev–Trinajstić information content (AvgIpc) is 3.16. The van der Waals surface area contributed by atoms with Crippen molar-refractivity contribution in [2.24, 2.45) is 5.92 Å². The SMILES string of the molecule is CC1=[C-]C(C)C(C)=C1C.CCCCCCCC[NH-].[CH3-].[SiH2]c1ccccc1.[Zr+3].c1ccc(-c2ccccc2)cc1. The van der Waals surface area contributed by atoms with Gasteiger partial charge in [-0.1, -0.05) is 168 Å². The van der Waals surface area contributed by atoms with Crippen LogP contribution in [0.2, 0.25) is 0 Å². The van der Waals surface area contributed by atoms with Gasteiger partial charge in [0, 0.05) is 10.2 Å². The van der Waals surface area contributed by atoms with Crippen molar-refractivity contribution < 1.29 is 26.2 Å². The van der Waals surface area contributed by atoms with Gasteiger partial charge in [-0.25, -0.2) is 5.57 Å². The van der Waals surface area contributed by atoms with Crippen LogP contribution in [0.15, 0.2) is 108 Å². The molecule has 3 heteroatoms. The number of nitrogens with one attached hydrogen (secondary N) is 1. The van der Waals surface area contributed by atoms with Gasteiger partial charge in [-0.05, 0) is 11.1 Å². The molecule has 208 valence electrons. The fourth-order valence-corrected chi connectivity index (χ4v) is 4.08. The van der Waals surface area contributed by atoms with Crippen molar-refractivity contribution in [2.75, 3.05) is 6.54 Å². The molecule has 1 atom stereocenters. The standard InChI is InChI=1S/C12H10.C9H13.C8H18N.C6H7Si.CH3.Zr/c1-3-7-11(8-4-1)12-9-5-2-6-10-12;1-6-5-7(2)9(4)8(6)3;1-2-3-4-5-6-7-8-9;7-6-4-2-1-3-5-6;;/h1-10H;6H,1-4H3;9H,2-8H2,1H3;1-5H,7H2;1H3;/q;2*-1;;-1;+3. The molecule has 1 nitrogen and oxygen atoms in total. The molecule has 3 aromatic carbocycles. The summed E-state index contributed by atoms with van der Waals surface area (Å²) in [5, 5.41) is 1.35. The van der Waals surface area contributed by atoms with Crippen LogP contribution in [0.25, 0.3) is 16.9 Å². The van der Waals surface area contributed by atoms with E-state index >= 15 is 0 Å². The van der Waals surface area contributed by atoms with E-state index in [1.807, 2.05) is 40.6 Å². The van der Waals surface area contributed by atoms with Crippen LogP contribution in [0.3, 0.4) is 0 Å². The Morgan fingerprint density at radius 3 is 1.38 bits per heavy atom. The second-order valence-electron chi connectivity index (χ2n) is 9.53. The number of benzene rings is 3. The van der Waals surface area contributed by atoms with Crippen LogP contribution in [0.5, 0.6) is 0 Å². The zero-order chi connectivity index (χ0) is 27.3. The van der Waals surface area contributed by atoms with Gasteiger partial charge in [-0.2, -0.15) is 17.7 Å². The number of hydrogen-bond donors (Lipinski definition) is 0. The predicted octanol–water partition coefficient (Wildman–Crippen LogP) is 9.87. The van der Waals surface area contributed by atoms with Gasteiger partial charge in [0.15, 0.2) is 0 Å². The summed E-state index contributed by atoms with van der Waals surface area (Å²) in [4.78, 5) is 0. The molecule has 0 saturated carbocycles. The third-order valence-electron chi connectivity index (χ3n) is 6.49. The van der Waals surface area contributed by atoms with Crippen molar-refractivity contribution in [3.63, 3.8) is 0 Å². The fourth-order valence-electron chi connectivity index (χ4n) is 3.81. The first kappa shape index (κ1) is 39.3. The quantitative estimate of drug-likeness (QED) is 0.143. The third-order valence-corrected chi connectivity index (χ3v) is 6.96. The largest absolute Gasteiger partial charge is 3.00 e. The van der Waals surface area contributed by atoms with Crippen LogP contribution < -0.4 is 5.19 Å². The Kier molecular flexibility index (Phi) is 25.4. The number of allylic oxidation sites excluding steroid dienone is 4. The third kappa shape index (κ3) is 18.2. The average molecular weight is 617 g/mol. The fraction of sp³-hybridized carbons (Fsp3) is 0.361. The van der Waals surface area contributed by atoms with E-state index < -0.39 is 0 Å². The predicted molar refractivity (Wildman–Crippen MR) is 175 cm³/mol. The Hall–Kier alpha value is -1.80. The summed E-state index contributed by atoms with van der Waals surface area (Å²) in [6.07, 6.45) is 11.1. The Morgan fingerprint density at radius 2 is 1.10 bits per heavy atom. The molecule has 1 unspecified atom stereocenters. The maximum Gasteiger partial charge on any atom is 3.00 e. The number of rotatable bonds is 7. The number of unbranched alkanes of at least 4 members (excludes halogenated alkanes) is 5. The molecule has 0 spiro atoms. The van der Waals surface area contributed by atoms with Crippen LogP contribution >= 0.6 is 0 Å². The summed E-state index contributed by atoms with van der Waals surface area (Å²) in [5.41, 5.74) is 13.7. The van der Waals surface area contributed by atoms with Crippen molar-refractivity contribution >= 4 is 15.4 Å². The van der Waals surface area contributed by atoms with E-state index in [0.717, 1.165) is 6.42 Å². The molecule has 4 rings (SSSR count). The Labute approximate surface area is 264 Å². The molecule has 0 amide bonds. The van der Waals surface area contributed by atoms with Crippen LogP contribution in [-0.4, -0.2) is 16.8 Å². The molecule has 1 N–H and O–H groups in total. The van der Waals surface area contributed by atoms with Crippen LogP contribution in [0.4, 0.5) is 0 Å². The molecule has 2 radical (unpaired) electrons. The smallest absolute Gasteiger partial charge is 0.677 e. The maximum absolute atomic E-state index is 6.88. The van der Waals surface area contributed by atoms with Crippen LogP contribution in [0, 0.1) is 19.4 Å². The molecule has 3 aromatic rings. The zero-order valence-electron chi connectivity index (χ0n) is 25.4. The Balaban J connectivity index is 0. The van der Waals surface area contributed by atoms with Gasteiger partial charge in [0.25, 0.3) is 0 Å². The second-order valence-corrected chi connectivity index (χ2v) is 10.4. The first-order valence-electron chi connectivity index (χ1n) is 13.8. The normalized spacial score (nSPS) is 13.1. The van der Waals surface area contributed by atoms with Crippen molar-refractivity contribution in [1.29, 1.82) is 0 Å². The second kappa shape index (κ2) is 25.2. The van der Waals surface area contributed by atoms with Crippen LogP contribution in [-0.2, 0) is 26.2 Å². The first-order valence-corrected chi connectivity index (χ1v) is 14.5. The maximum atomic E-state index is 6.88. The van der Waals surface area contributed by atoms with Crippen molar-refractivity contribution in [3.8, 4) is 11.1 Å². The van der Waals surface area contributed by atoms with Gasteiger partial charge in [0.05, 0.1) is 0 Å². The van der Waals surface area contributed by atoms with E-state index in [-0.39, 0.29) is 33.6 Å². The Bertz CT molecular complexity index is 970. The molecule has 0 fully saturated rings. The molecule has 0 aliphatic heterocycles. The molecule has 0 aromatic heterocycles. The molecule has 0 saturated heterocycles.